The highest BCUT2D eigenvalue weighted by Crippen LogP contribution is 2.27. The van der Waals surface area contributed by atoms with Crippen molar-refractivity contribution in [1.82, 2.24) is 4.90 Å². The van der Waals surface area contributed by atoms with Gasteiger partial charge in [0, 0.05) is 19.5 Å². The molecule has 0 atom stereocenters. The maximum atomic E-state index is 11.4. The van der Waals surface area contributed by atoms with Crippen molar-refractivity contribution in [2.24, 2.45) is 5.92 Å². The highest BCUT2D eigenvalue weighted by atomic mass is 16.2. The van der Waals surface area contributed by atoms with Crippen LogP contribution in [-0.2, 0) is 4.79 Å². The van der Waals surface area contributed by atoms with Crippen LogP contribution < -0.4 is 0 Å². The van der Waals surface area contributed by atoms with Gasteiger partial charge in [-0.1, -0.05) is 32.1 Å². The van der Waals surface area contributed by atoms with Crippen molar-refractivity contribution < 1.29 is 4.79 Å². The molecule has 1 saturated carbocycles. The molecule has 1 aliphatic heterocycles. The molecule has 0 aromatic carbocycles. The summed E-state index contributed by atoms with van der Waals surface area (Å²) in [6.07, 6.45) is 11.7. The lowest BCUT2D eigenvalue weighted by atomic mass is 9.86. The third-order valence-corrected chi connectivity index (χ3v) is 3.94. The summed E-state index contributed by atoms with van der Waals surface area (Å²) < 4.78 is 0. The molecule has 0 radical (unpaired) electrons. The van der Waals surface area contributed by atoms with E-state index in [-0.39, 0.29) is 0 Å². The van der Waals surface area contributed by atoms with Crippen molar-refractivity contribution in [1.29, 1.82) is 0 Å². The summed E-state index contributed by atoms with van der Waals surface area (Å²) in [5.74, 6) is 1.36. The summed E-state index contributed by atoms with van der Waals surface area (Å²) in [6, 6.07) is 0. The first-order chi connectivity index (χ1) is 7.36. The van der Waals surface area contributed by atoms with Gasteiger partial charge in [0.15, 0.2) is 0 Å². The average Bonchev–Trinajstić information content (AvgIpc) is 2.66. The number of nitrogens with zero attached hydrogens (tertiary/aromatic N) is 1. The van der Waals surface area contributed by atoms with E-state index in [2.05, 4.69) is 4.90 Å². The van der Waals surface area contributed by atoms with Crippen LogP contribution in [0.2, 0.25) is 0 Å². The van der Waals surface area contributed by atoms with Gasteiger partial charge in [-0.05, 0) is 25.2 Å². The van der Waals surface area contributed by atoms with E-state index in [1.165, 1.54) is 44.9 Å². The van der Waals surface area contributed by atoms with Crippen molar-refractivity contribution >= 4 is 5.91 Å². The molecular formula is C13H23NO. The van der Waals surface area contributed by atoms with E-state index in [4.69, 9.17) is 0 Å². The third-order valence-electron chi connectivity index (χ3n) is 3.94. The van der Waals surface area contributed by atoms with Crippen molar-refractivity contribution in [3.05, 3.63) is 0 Å². The van der Waals surface area contributed by atoms with Crippen LogP contribution in [0, 0.1) is 5.92 Å². The number of carbonyl (C=O) groups excluding carboxylic acids is 1. The minimum absolute atomic E-state index is 0.388. The monoisotopic (exact) mass is 209 g/mol. The van der Waals surface area contributed by atoms with Gasteiger partial charge in [0.2, 0.25) is 5.91 Å². The van der Waals surface area contributed by atoms with E-state index >= 15 is 0 Å². The quantitative estimate of drug-likeness (QED) is 0.697. The van der Waals surface area contributed by atoms with Crippen LogP contribution in [0.3, 0.4) is 0 Å². The molecule has 1 saturated heterocycles. The zero-order valence-electron chi connectivity index (χ0n) is 9.71. The lowest BCUT2D eigenvalue weighted by Crippen LogP contribution is -2.26. The first-order valence-electron chi connectivity index (χ1n) is 6.64. The Morgan fingerprint density at radius 2 is 1.93 bits per heavy atom. The van der Waals surface area contributed by atoms with Crippen LogP contribution in [-0.4, -0.2) is 23.9 Å². The largest absolute Gasteiger partial charge is 0.343 e. The molecule has 2 rings (SSSR count). The van der Waals surface area contributed by atoms with E-state index in [0.717, 1.165) is 31.8 Å². The lowest BCUT2D eigenvalue weighted by Gasteiger charge is -2.22. The van der Waals surface area contributed by atoms with Gasteiger partial charge >= 0.3 is 0 Å². The summed E-state index contributed by atoms with van der Waals surface area (Å²) in [6.45, 7) is 2.04. The van der Waals surface area contributed by atoms with Crippen LogP contribution in [0.25, 0.3) is 0 Å². The van der Waals surface area contributed by atoms with Gasteiger partial charge in [-0.25, -0.2) is 0 Å². The van der Waals surface area contributed by atoms with Crippen LogP contribution in [0.4, 0.5) is 0 Å². The summed E-state index contributed by atoms with van der Waals surface area (Å²) >= 11 is 0. The fourth-order valence-corrected chi connectivity index (χ4v) is 2.99. The average molecular weight is 209 g/mol. The maximum absolute atomic E-state index is 11.4. The predicted molar refractivity (Wildman–Crippen MR) is 61.6 cm³/mol. The van der Waals surface area contributed by atoms with Crippen LogP contribution in [0.5, 0.6) is 0 Å². The maximum Gasteiger partial charge on any atom is 0.222 e. The number of carbonyl (C=O) groups is 1. The second-order valence-corrected chi connectivity index (χ2v) is 5.13. The molecular weight excluding hydrogens is 186 g/mol. The first kappa shape index (κ1) is 11.0. The Morgan fingerprint density at radius 3 is 2.60 bits per heavy atom. The molecule has 15 heavy (non-hydrogen) atoms. The molecule has 1 heterocycles. The van der Waals surface area contributed by atoms with Crippen molar-refractivity contribution in [3.63, 3.8) is 0 Å². The zero-order chi connectivity index (χ0) is 10.5. The predicted octanol–water partition coefficient (Wildman–Crippen LogP) is 2.97. The molecule has 86 valence electrons. The summed E-state index contributed by atoms with van der Waals surface area (Å²) in [5.41, 5.74) is 0. The fourth-order valence-electron chi connectivity index (χ4n) is 2.99. The second kappa shape index (κ2) is 5.53. The highest BCUT2D eigenvalue weighted by Gasteiger charge is 2.20. The Labute approximate surface area is 93.0 Å². The van der Waals surface area contributed by atoms with Gasteiger partial charge in [0.05, 0.1) is 0 Å². The van der Waals surface area contributed by atoms with E-state index in [1.54, 1.807) is 0 Å². The van der Waals surface area contributed by atoms with Crippen LogP contribution in [0.15, 0.2) is 0 Å². The van der Waals surface area contributed by atoms with Gasteiger partial charge in [0.25, 0.3) is 0 Å². The molecule has 1 aliphatic carbocycles. The Kier molecular flexibility index (Phi) is 4.04. The number of likely N-dealkylation sites (tertiary alicyclic amines) is 1. The standard InChI is InChI=1S/C13H23NO/c15-13-9-5-11-14(13)10-4-8-12-6-2-1-3-7-12/h12H,1-11H2. The second-order valence-electron chi connectivity index (χ2n) is 5.13. The number of rotatable bonds is 4. The Hall–Kier alpha value is -0.530. The van der Waals surface area contributed by atoms with Crippen LogP contribution >= 0.6 is 0 Å². The summed E-state index contributed by atoms with van der Waals surface area (Å²) in [5, 5.41) is 0. The Balaban J connectivity index is 1.59. The minimum atomic E-state index is 0.388. The van der Waals surface area contributed by atoms with Crippen molar-refractivity contribution in [3.8, 4) is 0 Å². The molecule has 0 spiro atoms. The number of amides is 1. The first-order valence-corrected chi connectivity index (χ1v) is 6.64. The topological polar surface area (TPSA) is 20.3 Å². The molecule has 2 fully saturated rings. The SMILES string of the molecule is O=C1CCCN1CCCC1CCCCC1. The minimum Gasteiger partial charge on any atom is -0.343 e. The number of hydrogen-bond acceptors (Lipinski definition) is 1. The van der Waals surface area contributed by atoms with Crippen LogP contribution in [0.1, 0.15) is 57.8 Å². The van der Waals surface area contributed by atoms with E-state index < -0.39 is 0 Å². The molecule has 0 aromatic heterocycles. The molecule has 0 aromatic rings. The third kappa shape index (κ3) is 3.22. The van der Waals surface area contributed by atoms with E-state index in [0.29, 0.717) is 5.91 Å². The van der Waals surface area contributed by atoms with Crippen molar-refractivity contribution in [2.75, 3.05) is 13.1 Å². The van der Waals surface area contributed by atoms with Gasteiger partial charge in [0.1, 0.15) is 0 Å². The normalized spacial score (nSPS) is 23.7. The molecule has 0 unspecified atom stereocenters. The fraction of sp³-hybridized carbons (Fsp3) is 0.923. The van der Waals surface area contributed by atoms with Gasteiger partial charge in [-0.3, -0.25) is 4.79 Å². The zero-order valence-corrected chi connectivity index (χ0v) is 9.71. The Morgan fingerprint density at radius 1 is 1.13 bits per heavy atom. The molecule has 2 aliphatic rings. The molecule has 1 amide bonds. The Bertz CT molecular complexity index is 209. The lowest BCUT2D eigenvalue weighted by molar-refractivity contribution is -0.127. The van der Waals surface area contributed by atoms with E-state index in [1.807, 2.05) is 0 Å². The van der Waals surface area contributed by atoms with Crippen molar-refractivity contribution in [2.45, 2.75) is 57.8 Å². The molecule has 2 nitrogen and oxygen atoms in total. The van der Waals surface area contributed by atoms with Gasteiger partial charge in [-0.15, -0.1) is 0 Å². The molecule has 0 N–H and O–H groups in total. The molecule has 2 heteroatoms. The number of hydrogen-bond donors (Lipinski definition) is 0. The van der Waals surface area contributed by atoms with Gasteiger partial charge < -0.3 is 4.90 Å². The van der Waals surface area contributed by atoms with E-state index in [9.17, 15) is 4.79 Å². The smallest absolute Gasteiger partial charge is 0.222 e. The van der Waals surface area contributed by atoms with Gasteiger partial charge in [-0.2, -0.15) is 0 Å². The summed E-state index contributed by atoms with van der Waals surface area (Å²) in [7, 11) is 0. The summed E-state index contributed by atoms with van der Waals surface area (Å²) in [4.78, 5) is 13.4. The highest BCUT2D eigenvalue weighted by molar-refractivity contribution is 5.77. The molecule has 0 bridgehead atoms.